The number of rotatable bonds is 8. The Bertz CT molecular complexity index is 1260. The van der Waals surface area contributed by atoms with Gasteiger partial charge in [0.1, 0.15) is 17.9 Å². The number of hydrogen-bond acceptors (Lipinski definition) is 3. The minimum absolute atomic E-state index is 0.152. The second-order valence-corrected chi connectivity index (χ2v) is 7.71. The van der Waals surface area contributed by atoms with Crippen molar-refractivity contribution in [1.82, 2.24) is 19.2 Å². The molecule has 1 N–H and O–H groups in total. The first-order valence-corrected chi connectivity index (χ1v) is 10.3. The van der Waals surface area contributed by atoms with Crippen LogP contribution < -0.4 is 10.9 Å². The number of nitrogens with one attached hydrogen (secondary N) is 1. The number of halogens is 1. The zero-order chi connectivity index (χ0) is 21.8. The summed E-state index contributed by atoms with van der Waals surface area (Å²) in [6.45, 7) is 2.03. The second-order valence-electron chi connectivity index (χ2n) is 7.71. The van der Waals surface area contributed by atoms with E-state index in [0.717, 1.165) is 19.5 Å². The summed E-state index contributed by atoms with van der Waals surface area (Å²) in [5, 5.41) is 2.87. The highest BCUT2D eigenvalue weighted by Gasteiger charge is 2.14. The topological polar surface area (TPSA) is 58.8 Å². The smallest absolute Gasteiger partial charge is 0.275 e. The quantitative estimate of drug-likeness (QED) is 0.446. The van der Waals surface area contributed by atoms with Crippen molar-refractivity contribution in [3.63, 3.8) is 0 Å². The maximum atomic E-state index is 13.9. The molecule has 7 heteroatoms. The fourth-order valence-electron chi connectivity index (χ4n) is 3.84. The van der Waals surface area contributed by atoms with Crippen molar-refractivity contribution in [3.05, 3.63) is 88.6 Å². The molecule has 4 aromatic rings. The third-order valence-electron chi connectivity index (χ3n) is 5.34. The fourth-order valence-corrected chi connectivity index (χ4v) is 3.84. The molecule has 0 bridgehead atoms. The highest BCUT2D eigenvalue weighted by atomic mass is 19.1. The Morgan fingerprint density at radius 2 is 1.84 bits per heavy atom. The number of carbonyl (C=O) groups excluding carboxylic acids is 1. The van der Waals surface area contributed by atoms with Crippen LogP contribution in [0.2, 0.25) is 0 Å². The van der Waals surface area contributed by atoms with Crippen LogP contribution in [-0.4, -0.2) is 39.9 Å². The van der Waals surface area contributed by atoms with E-state index in [4.69, 9.17) is 0 Å². The number of benzene rings is 2. The largest absolute Gasteiger partial charge is 0.355 e. The normalized spacial score (nSPS) is 11.5. The van der Waals surface area contributed by atoms with Crippen molar-refractivity contribution in [2.75, 3.05) is 20.1 Å². The Morgan fingerprint density at radius 1 is 1.03 bits per heavy atom. The number of amides is 1. The van der Waals surface area contributed by atoms with Gasteiger partial charge in [0.2, 0.25) is 5.91 Å². The summed E-state index contributed by atoms with van der Waals surface area (Å²) in [5.41, 5.74) is 2.45. The minimum Gasteiger partial charge on any atom is -0.355 e. The van der Waals surface area contributed by atoms with E-state index in [0.29, 0.717) is 23.1 Å². The average molecular weight is 420 g/mol. The third-order valence-corrected chi connectivity index (χ3v) is 5.34. The zero-order valence-corrected chi connectivity index (χ0v) is 17.4. The Labute approximate surface area is 179 Å². The van der Waals surface area contributed by atoms with Crippen molar-refractivity contribution >= 4 is 22.5 Å². The predicted octanol–water partition coefficient (Wildman–Crippen LogP) is 3.03. The van der Waals surface area contributed by atoms with E-state index in [1.54, 1.807) is 28.8 Å². The molecule has 1 amide bonds. The van der Waals surface area contributed by atoms with Gasteiger partial charge in [0.05, 0.1) is 11.0 Å². The summed E-state index contributed by atoms with van der Waals surface area (Å²) in [5.74, 6) is -0.719. The van der Waals surface area contributed by atoms with Crippen molar-refractivity contribution in [1.29, 1.82) is 0 Å². The van der Waals surface area contributed by atoms with Gasteiger partial charge in [-0.25, -0.2) is 4.39 Å². The Hall–Kier alpha value is -3.45. The van der Waals surface area contributed by atoms with Gasteiger partial charge in [0.15, 0.2) is 0 Å². The van der Waals surface area contributed by atoms with Crippen LogP contribution >= 0.6 is 0 Å². The molecule has 2 aromatic carbocycles. The van der Waals surface area contributed by atoms with E-state index in [-0.39, 0.29) is 18.0 Å². The predicted molar refractivity (Wildman–Crippen MR) is 120 cm³/mol. The average Bonchev–Trinajstić information content (AvgIpc) is 3.25. The van der Waals surface area contributed by atoms with E-state index in [2.05, 4.69) is 22.3 Å². The lowest BCUT2D eigenvalue weighted by Gasteiger charge is -2.17. The van der Waals surface area contributed by atoms with Crippen LogP contribution in [0.15, 0.2) is 71.7 Å². The molecule has 0 aliphatic heterocycles. The van der Waals surface area contributed by atoms with Crippen molar-refractivity contribution in [2.45, 2.75) is 19.5 Å². The van der Waals surface area contributed by atoms with Gasteiger partial charge in [0, 0.05) is 19.3 Å². The van der Waals surface area contributed by atoms with E-state index < -0.39 is 5.82 Å². The number of aromatic nitrogens is 2. The molecular formula is C24H25FN4O2. The Balaban J connectivity index is 1.39. The van der Waals surface area contributed by atoms with Crippen molar-refractivity contribution in [3.8, 4) is 0 Å². The van der Waals surface area contributed by atoms with Gasteiger partial charge in [0.25, 0.3) is 5.56 Å². The molecule has 0 saturated heterocycles. The van der Waals surface area contributed by atoms with Gasteiger partial charge in [-0.1, -0.05) is 30.3 Å². The molecule has 6 nitrogen and oxygen atoms in total. The maximum Gasteiger partial charge on any atom is 0.275 e. The maximum absolute atomic E-state index is 13.9. The molecule has 0 aliphatic rings. The van der Waals surface area contributed by atoms with E-state index in [1.165, 1.54) is 22.3 Å². The monoisotopic (exact) mass is 420 g/mol. The van der Waals surface area contributed by atoms with Crippen LogP contribution in [0, 0.1) is 5.82 Å². The van der Waals surface area contributed by atoms with Crippen LogP contribution in [0.5, 0.6) is 0 Å². The molecule has 0 fully saturated rings. The van der Waals surface area contributed by atoms with Gasteiger partial charge in [-0.05, 0) is 55.9 Å². The second kappa shape index (κ2) is 9.14. The molecule has 0 atom stereocenters. The number of carbonyl (C=O) groups is 1. The van der Waals surface area contributed by atoms with Gasteiger partial charge >= 0.3 is 0 Å². The molecule has 160 valence electrons. The van der Waals surface area contributed by atoms with Gasteiger partial charge in [-0.15, -0.1) is 0 Å². The number of fused-ring (bicyclic) bond motifs is 3. The number of nitrogens with zero attached hydrogens (tertiary/aromatic N) is 3. The lowest BCUT2D eigenvalue weighted by atomic mass is 10.2. The van der Waals surface area contributed by atoms with Crippen molar-refractivity contribution in [2.24, 2.45) is 0 Å². The highest BCUT2D eigenvalue weighted by molar-refractivity contribution is 5.82. The standard InChI is InChI=1S/C24H25FN4O2/c1-27(16-18-7-3-2-4-8-18)13-6-12-26-23(30)17-29-22-15-19(25)10-11-20(22)28-14-5-9-21(28)24(29)31/h2-5,7-11,14-15H,6,12-13,16-17H2,1H3,(H,26,30). The molecule has 2 aromatic heterocycles. The zero-order valence-electron chi connectivity index (χ0n) is 17.4. The van der Waals surface area contributed by atoms with Gasteiger partial charge in [-0.3, -0.25) is 14.2 Å². The highest BCUT2D eigenvalue weighted by Crippen LogP contribution is 2.16. The Kier molecular flexibility index (Phi) is 6.13. The lowest BCUT2D eigenvalue weighted by Crippen LogP contribution is -2.34. The summed E-state index contributed by atoms with van der Waals surface area (Å²) in [4.78, 5) is 27.6. The fraction of sp³-hybridized carbons (Fsp3) is 0.250. The van der Waals surface area contributed by atoms with E-state index in [9.17, 15) is 14.0 Å². The van der Waals surface area contributed by atoms with Crippen LogP contribution in [0.3, 0.4) is 0 Å². The van der Waals surface area contributed by atoms with Crippen molar-refractivity contribution < 1.29 is 9.18 Å². The van der Waals surface area contributed by atoms with Crippen LogP contribution in [-0.2, 0) is 17.9 Å². The molecule has 0 saturated carbocycles. The summed E-state index contributed by atoms with van der Waals surface area (Å²) in [7, 11) is 2.04. The minimum atomic E-state index is -0.450. The van der Waals surface area contributed by atoms with Gasteiger partial charge < -0.3 is 14.6 Å². The van der Waals surface area contributed by atoms with Crippen LogP contribution in [0.4, 0.5) is 4.39 Å². The summed E-state index contributed by atoms with van der Waals surface area (Å²) >= 11 is 0. The van der Waals surface area contributed by atoms with E-state index >= 15 is 0 Å². The summed E-state index contributed by atoms with van der Waals surface area (Å²) < 4.78 is 16.9. The first kappa shape index (κ1) is 20.8. The van der Waals surface area contributed by atoms with Crippen LogP contribution in [0.1, 0.15) is 12.0 Å². The Morgan fingerprint density at radius 3 is 2.65 bits per heavy atom. The molecule has 4 rings (SSSR count). The molecule has 2 heterocycles. The van der Waals surface area contributed by atoms with E-state index in [1.807, 2.05) is 25.2 Å². The summed E-state index contributed by atoms with van der Waals surface area (Å²) in [6.07, 6.45) is 2.55. The first-order chi connectivity index (χ1) is 15.0. The summed E-state index contributed by atoms with van der Waals surface area (Å²) in [6, 6.07) is 17.9. The molecular weight excluding hydrogens is 395 g/mol. The molecule has 0 unspecified atom stereocenters. The number of hydrogen-bond donors (Lipinski definition) is 1. The molecule has 0 spiro atoms. The van der Waals surface area contributed by atoms with Crippen LogP contribution in [0.25, 0.3) is 16.6 Å². The molecule has 31 heavy (non-hydrogen) atoms. The first-order valence-electron chi connectivity index (χ1n) is 10.3. The molecule has 0 radical (unpaired) electrons. The van der Waals surface area contributed by atoms with Gasteiger partial charge in [-0.2, -0.15) is 0 Å². The SMILES string of the molecule is CN(CCCNC(=O)Cn1c(=O)c2cccn2c2ccc(F)cc21)Cc1ccccc1. The molecule has 0 aliphatic carbocycles. The lowest BCUT2D eigenvalue weighted by molar-refractivity contribution is -0.121. The third kappa shape index (κ3) is 4.67.